The number of halogens is 3. The number of hydrogen-bond donors (Lipinski definition) is 2. The maximum absolute atomic E-state index is 13.6. The van der Waals surface area contributed by atoms with Gasteiger partial charge in [-0.25, -0.2) is 4.39 Å². The SMILES string of the molecule is CC1(CNC(=O)c2cc(Br)ccc2F)CCCNC1.Cl. The van der Waals surface area contributed by atoms with Gasteiger partial charge in [-0.05, 0) is 43.0 Å². The molecule has 1 fully saturated rings. The minimum absolute atomic E-state index is 0. The van der Waals surface area contributed by atoms with Crippen molar-refractivity contribution in [2.24, 2.45) is 5.41 Å². The number of nitrogens with one attached hydrogen (secondary N) is 2. The summed E-state index contributed by atoms with van der Waals surface area (Å²) in [4.78, 5) is 12.0. The second-order valence-corrected chi connectivity index (χ2v) is 6.31. The van der Waals surface area contributed by atoms with Crippen LogP contribution in [0.15, 0.2) is 22.7 Å². The lowest BCUT2D eigenvalue weighted by atomic mass is 9.83. The summed E-state index contributed by atoms with van der Waals surface area (Å²) in [7, 11) is 0. The van der Waals surface area contributed by atoms with Crippen molar-refractivity contribution in [1.29, 1.82) is 0 Å². The molecule has 112 valence electrons. The molecule has 3 nitrogen and oxygen atoms in total. The summed E-state index contributed by atoms with van der Waals surface area (Å²) >= 11 is 3.25. The standard InChI is InChI=1S/C14H18BrFN2O.ClH/c1-14(5-2-6-17-8-14)9-18-13(19)11-7-10(15)3-4-12(11)16;/h3-4,7,17H,2,5-6,8-9H2,1H3,(H,18,19);1H. The van der Waals surface area contributed by atoms with Gasteiger partial charge in [-0.2, -0.15) is 0 Å². The largest absolute Gasteiger partial charge is 0.351 e. The molecule has 0 bridgehead atoms. The monoisotopic (exact) mass is 364 g/mol. The van der Waals surface area contributed by atoms with Crippen LogP contribution >= 0.6 is 28.3 Å². The minimum atomic E-state index is -0.493. The number of piperidine rings is 1. The average Bonchev–Trinajstić information content (AvgIpc) is 2.40. The average molecular weight is 366 g/mol. The molecule has 0 aromatic heterocycles. The molecule has 0 aliphatic carbocycles. The molecule has 1 aliphatic rings. The quantitative estimate of drug-likeness (QED) is 0.864. The Morgan fingerprint density at radius 1 is 1.55 bits per heavy atom. The highest BCUT2D eigenvalue weighted by atomic mass is 79.9. The van der Waals surface area contributed by atoms with Crippen LogP contribution in [-0.4, -0.2) is 25.5 Å². The summed E-state index contributed by atoms with van der Waals surface area (Å²) in [5, 5.41) is 6.16. The van der Waals surface area contributed by atoms with E-state index in [0.29, 0.717) is 11.0 Å². The van der Waals surface area contributed by atoms with Crippen LogP contribution in [-0.2, 0) is 0 Å². The Labute approximate surface area is 133 Å². The first-order valence-electron chi connectivity index (χ1n) is 6.44. The minimum Gasteiger partial charge on any atom is -0.351 e. The van der Waals surface area contributed by atoms with E-state index >= 15 is 0 Å². The van der Waals surface area contributed by atoms with Gasteiger partial charge in [-0.1, -0.05) is 22.9 Å². The van der Waals surface area contributed by atoms with E-state index in [4.69, 9.17) is 0 Å². The summed E-state index contributed by atoms with van der Waals surface area (Å²) in [6.07, 6.45) is 2.18. The van der Waals surface area contributed by atoms with Crippen LogP contribution in [0.1, 0.15) is 30.1 Å². The van der Waals surface area contributed by atoms with Crippen molar-refractivity contribution in [3.05, 3.63) is 34.1 Å². The molecule has 6 heteroatoms. The second-order valence-electron chi connectivity index (χ2n) is 5.40. The number of amides is 1. The molecular weight excluding hydrogens is 347 g/mol. The first-order chi connectivity index (χ1) is 9.00. The van der Waals surface area contributed by atoms with Gasteiger partial charge in [0.15, 0.2) is 0 Å². The van der Waals surface area contributed by atoms with Gasteiger partial charge in [0.2, 0.25) is 0 Å². The van der Waals surface area contributed by atoms with Gasteiger partial charge < -0.3 is 10.6 Å². The summed E-state index contributed by atoms with van der Waals surface area (Å²) in [5.74, 6) is -0.849. The Kier molecular flexibility index (Phi) is 6.43. The molecule has 0 radical (unpaired) electrons. The third-order valence-electron chi connectivity index (χ3n) is 3.53. The van der Waals surface area contributed by atoms with Gasteiger partial charge in [0.1, 0.15) is 5.82 Å². The topological polar surface area (TPSA) is 41.1 Å². The van der Waals surface area contributed by atoms with Crippen LogP contribution in [0.4, 0.5) is 4.39 Å². The number of rotatable bonds is 3. The van der Waals surface area contributed by atoms with Crippen molar-refractivity contribution < 1.29 is 9.18 Å². The molecule has 1 aliphatic heterocycles. The zero-order valence-electron chi connectivity index (χ0n) is 11.3. The zero-order chi connectivity index (χ0) is 13.9. The van der Waals surface area contributed by atoms with Crippen LogP contribution in [0.25, 0.3) is 0 Å². The van der Waals surface area contributed by atoms with E-state index in [1.165, 1.54) is 12.1 Å². The molecule has 1 amide bonds. The molecule has 1 aromatic rings. The van der Waals surface area contributed by atoms with Crippen molar-refractivity contribution in [3.63, 3.8) is 0 Å². The fourth-order valence-corrected chi connectivity index (χ4v) is 2.69. The number of carbonyl (C=O) groups excluding carboxylic acids is 1. The van der Waals surface area contributed by atoms with Gasteiger partial charge in [0.25, 0.3) is 5.91 Å². The third kappa shape index (κ3) is 4.43. The van der Waals surface area contributed by atoms with Gasteiger partial charge in [0.05, 0.1) is 5.56 Å². The van der Waals surface area contributed by atoms with Gasteiger partial charge in [0, 0.05) is 17.6 Å². The van der Waals surface area contributed by atoms with Gasteiger partial charge in [-0.15, -0.1) is 12.4 Å². The number of benzene rings is 1. The predicted octanol–water partition coefficient (Wildman–Crippen LogP) is 3.13. The van der Waals surface area contributed by atoms with E-state index in [0.717, 1.165) is 25.9 Å². The summed E-state index contributed by atoms with van der Waals surface area (Å²) in [6, 6.07) is 4.38. The molecule has 0 saturated carbocycles. The lowest BCUT2D eigenvalue weighted by Gasteiger charge is -2.34. The molecule has 1 aromatic carbocycles. The Morgan fingerprint density at radius 2 is 2.30 bits per heavy atom. The summed E-state index contributed by atoms with van der Waals surface area (Å²) in [6.45, 7) is 4.61. The molecular formula is C14H19BrClFN2O. The molecule has 1 saturated heterocycles. The van der Waals surface area contributed by atoms with Crippen LogP contribution in [0.5, 0.6) is 0 Å². The predicted molar refractivity (Wildman–Crippen MR) is 83.9 cm³/mol. The third-order valence-corrected chi connectivity index (χ3v) is 4.03. The van der Waals surface area contributed by atoms with E-state index < -0.39 is 5.82 Å². The molecule has 0 spiro atoms. The van der Waals surface area contributed by atoms with Crippen molar-refractivity contribution in [1.82, 2.24) is 10.6 Å². The maximum Gasteiger partial charge on any atom is 0.254 e. The van der Waals surface area contributed by atoms with Crippen LogP contribution in [0, 0.1) is 11.2 Å². The first-order valence-corrected chi connectivity index (χ1v) is 7.23. The first kappa shape index (κ1) is 17.4. The van der Waals surface area contributed by atoms with Crippen LogP contribution in [0.3, 0.4) is 0 Å². The fraction of sp³-hybridized carbons (Fsp3) is 0.500. The second kappa shape index (κ2) is 7.38. The van der Waals surface area contributed by atoms with Crippen molar-refractivity contribution >= 4 is 34.2 Å². The van der Waals surface area contributed by atoms with Crippen molar-refractivity contribution in [3.8, 4) is 0 Å². The highest BCUT2D eigenvalue weighted by molar-refractivity contribution is 9.10. The Hall–Kier alpha value is -0.650. The Bertz CT molecular complexity index is 478. The smallest absolute Gasteiger partial charge is 0.254 e. The number of hydrogen-bond acceptors (Lipinski definition) is 2. The summed E-state index contributed by atoms with van der Waals surface area (Å²) < 4.78 is 14.3. The van der Waals surface area contributed by atoms with E-state index in [1.54, 1.807) is 6.07 Å². The normalized spacial score (nSPS) is 21.9. The van der Waals surface area contributed by atoms with E-state index in [-0.39, 0.29) is 29.3 Å². The molecule has 2 N–H and O–H groups in total. The van der Waals surface area contributed by atoms with Gasteiger partial charge in [-0.3, -0.25) is 4.79 Å². The van der Waals surface area contributed by atoms with Crippen LogP contribution < -0.4 is 10.6 Å². The Morgan fingerprint density at radius 3 is 2.95 bits per heavy atom. The van der Waals surface area contributed by atoms with E-state index in [1.807, 2.05) is 0 Å². The lowest BCUT2D eigenvalue weighted by molar-refractivity contribution is 0.0920. The zero-order valence-corrected chi connectivity index (χ0v) is 13.7. The van der Waals surface area contributed by atoms with Crippen molar-refractivity contribution in [2.45, 2.75) is 19.8 Å². The molecule has 2 rings (SSSR count). The van der Waals surface area contributed by atoms with Gasteiger partial charge >= 0.3 is 0 Å². The molecule has 1 unspecified atom stereocenters. The molecule has 20 heavy (non-hydrogen) atoms. The molecule has 1 atom stereocenters. The Balaban J connectivity index is 0.00000200. The highest BCUT2D eigenvalue weighted by Crippen LogP contribution is 2.24. The lowest BCUT2D eigenvalue weighted by Crippen LogP contribution is -2.45. The number of carbonyl (C=O) groups is 1. The fourth-order valence-electron chi connectivity index (χ4n) is 2.33. The molecule has 1 heterocycles. The maximum atomic E-state index is 13.6. The van der Waals surface area contributed by atoms with E-state index in [2.05, 4.69) is 33.5 Å². The van der Waals surface area contributed by atoms with Crippen molar-refractivity contribution in [2.75, 3.05) is 19.6 Å². The summed E-state index contributed by atoms with van der Waals surface area (Å²) in [5.41, 5.74) is 0.137. The van der Waals surface area contributed by atoms with E-state index in [9.17, 15) is 9.18 Å². The van der Waals surface area contributed by atoms with Crippen LogP contribution in [0.2, 0.25) is 0 Å². The highest BCUT2D eigenvalue weighted by Gasteiger charge is 2.27.